The predicted octanol–water partition coefficient (Wildman–Crippen LogP) is 3.08. The van der Waals surface area contributed by atoms with Gasteiger partial charge in [0.05, 0.1) is 0 Å². The molecule has 120 valence electrons. The maximum Gasteiger partial charge on any atom is 0.330 e. The van der Waals surface area contributed by atoms with E-state index in [-0.39, 0.29) is 18.4 Å². The van der Waals surface area contributed by atoms with Crippen LogP contribution in [0.4, 0.5) is 11.4 Å². The SMILES string of the molecule is CCN(CC(=O)Oc1ccccc1)c1cccc(NC(C)=O)c1. The van der Waals surface area contributed by atoms with Crippen LogP contribution >= 0.6 is 0 Å². The van der Waals surface area contributed by atoms with Gasteiger partial charge in [-0.2, -0.15) is 0 Å². The molecule has 23 heavy (non-hydrogen) atoms. The van der Waals surface area contributed by atoms with Gasteiger partial charge in [0.15, 0.2) is 0 Å². The highest BCUT2D eigenvalue weighted by molar-refractivity contribution is 5.89. The Bertz CT molecular complexity index is 671. The number of carbonyl (C=O) groups excluding carboxylic acids is 2. The molecule has 0 aliphatic rings. The lowest BCUT2D eigenvalue weighted by Crippen LogP contribution is -2.32. The molecular formula is C18H20N2O3. The van der Waals surface area contributed by atoms with Crippen LogP contribution in [0.25, 0.3) is 0 Å². The summed E-state index contributed by atoms with van der Waals surface area (Å²) in [4.78, 5) is 25.1. The summed E-state index contributed by atoms with van der Waals surface area (Å²) < 4.78 is 5.31. The Morgan fingerprint density at radius 2 is 1.83 bits per heavy atom. The van der Waals surface area contributed by atoms with Crippen molar-refractivity contribution in [1.82, 2.24) is 0 Å². The molecule has 0 saturated carbocycles. The molecule has 5 nitrogen and oxygen atoms in total. The van der Waals surface area contributed by atoms with Crippen LogP contribution in [0, 0.1) is 0 Å². The molecule has 1 N–H and O–H groups in total. The van der Waals surface area contributed by atoms with E-state index in [0.717, 1.165) is 5.69 Å². The van der Waals surface area contributed by atoms with Crippen LogP contribution < -0.4 is 15.0 Å². The summed E-state index contributed by atoms with van der Waals surface area (Å²) in [5.74, 6) is 0.0669. The van der Waals surface area contributed by atoms with Gasteiger partial charge in [0.2, 0.25) is 5.91 Å². The van der Waals surface area contributed by atoms with Crippen LogP contribution in [0.3, 0.4) is 0 Å². The van der Waals surface area contributed by atoms with Gasteiger partial charge in [0.25, 0.3) is 0 Å². The lowest BCUT2D eigenvalue weighted by atomic mass is 10.2. The first-order valence-electron chi connectivity index (χ1n) is 7.47. The van der Waals surface area contributed by atoms with Crippen molar-refractivity contribution in [3.05, 3.63) is 54.6 Å². The van der Waals surface area contributed by atoms with Gasteiger partial charge in [-0.25, -0.2) is 4.79 Å². The maximum absolute atomic E-state index is 12.1. The van der Waals surface area contributed by atoms with Crippen LogP contribution in [0.1, 0.15) is 13.8 Å². The summed E-state index contributed by atoms with van der Waals surface area (Å²) in [6.45, 7) is 4.20. The monoisotopic (exact) mass is 312 g/mol. The Morgan fingerprint density at radius 3 is 2.48 bits per heavy atom. The molecule has 5 heteroatoms. The molecule has 0 unspecified atom stereocenters. The van der Waals surface area contributed by atoms with Crippen LogP contribution in [0.5, 0.6) is 5.75 Å². The Labute approximate surface area is 135 Å². The van der Waals surface area contributed by atoms with E-state index < -0.39 is 0 Å². The van der Waals surface area contributed by atoms with E-state index in [1.807, 2.05) is 48.2 Å². The zero-order chi connectivity index (χ0) is 16.7. The number of rotatable bonds is 6. The Balaban J connectivity index is 2.04. The fourth-order valence-electron chi connectivity index (χ4n) is 2.18. The second-order valence-electron chi connectivity index (χ2n) is 5.03. The fraction of sp³-hybridized carbons (Fsp3) is 0.222. The number of ether oxygens (including phenoxy) is 1. The van der Waals surface area contributed by atoms with Crippen LogP contribution in [0.2, 0.25) is 0 Å². The van der Waals surface area contributed by atoms with E-state index in [1.54, 1.807) is 18.2 Å². The average molecular weight is 312 g/mol. The number of para-hydroxylation sites is 1. The molecule has 2 rings (SSSR count). The molecule has 0 bridgehead atoms. The normalized spacial score (nSPS) is 10.0. The molecule has 2 aromatic rings. The minimum absolute atomic E-state index is 0.131. The van der Waals surface area contributed by atoms with Gasteiger partial charge in [-0.1, -0.05) is 24.3 Å². The number of anilines is 2. The van der Waals surface area contributed by atoms with Crippen LogP contribution in [-0.2, 0) is 9.59 Å². The average Bonchev–Trinajstić information content (AvgIpc) is 2.53. The Morgan fingerprint density at radius 1 is 1.09 bits per heavy atom. The maximum atomic E-state index is 12.1. The molecular weight excluding hydrogens is 292 g/mol. The number of nitrogens with one attached hydrogen (secondary N) is 1. The minimum atomic E-state index is -0.331. The lowest BCUT2D eigenvalue weighted by Gasteiger charge is -2.22. The first kappa shape index (κ1) is 16.5. The third-order valence-electron chi connectivity index (χ3n) is 3.21. The third-order valence-corrected chi connectivity index (χ3v) is 3.21. The van der Waals surface area contributed by atoms with Gasteiger partial charge in [0.1, 0.15) is 12.3 Å². The smallest absolute Gasteiger partial charge is 0.330 e. The topological polar surface area (TPSA) is 58.6 Å². The molecule has 0 aliphatic carbocycles. The fourth-order valence-corrected chi connectivity index (χ4v) is 2.18. The summed E-state index contributed by atoms with van der Waals surface area (Å²) in [6.07, 6.45) is 0. The van der Waals surface area contributed by atoms with E-state index >= 15 is 0 Å². The van der Waals surface area contributed by atoms with Gasteiger partial charge in [0, 0.05) is 24.8 Å². The summed E-state index contributed by atoms with van der Waals surface area (Å²) in [7, 11) is 0. The highest BCUT2D eigenvalue weighted by atomic mass is 16.5. The van der Waals surface area contributed by atoms with Crippen molar-refractivity contribution in [2.75, 3.05) is 23.3 Å². The molecule has 0 spiro atoms. The first-order valence-corrected chi connectivity index (χ1v) is 7.47. The number of hydrogen-bond donors (Lipinski definition) is 1. The summed E-state index contributed by atoms with van der Waals surface area (Å²) in [6, 6.07) is 16.4. The van der Waals surface area contributed by atoms with Crippen molar-refractivity contribution in [3.8, 4) is 5.75 Å². The Kier molecular flexibility index (Phi) is 5.74. The molecule has 0 fully saturated rings. The van der Waals surface area contributed by atoms with E-state index in [9.17, 15) is 9.59 Å². The molecule has 0 aromatic heterocycles. The van der Waals surface area contributed by atoms with Crippen molar-refractivity contribution < 1.29 is 14.3 Å². The minimum Gasteiger partial charge on any atom is -0.425 e. The van der Waals surface area contributed by atoms with Crippen molar-refractivity contribution in [3.63, 3.8) is 0 Å². The highest BCUT2D eigenvalue weighted by Crippen LogP contribution is 2.19. The van der Waals surface area contributed by atoms with Gasteiger partial charge in [-0.3, -0.25) is 4.79 Å². The number of esters is 1. The summed E-state index contributed by atoms with van der Waals surface area (Å²) in [5.41, 5.74) is 1.55. The first-order chi connectivity index (χ1) is 11.1. The highest BCUT2D eigenvalue weighted by Gasteiger charge is 2.12. The Hall–Kier alpha value is -2.82. The van der Waals surface area contributed by atoms with E-state index in [1.165, 1.54) is 6.92 Å². The number of benzene rings is 2. The number of carbonyl (C=O) groups is 2. The molecule has 0 saturated heterocycles. The van der Waals surface area contributed by atoms with Crippen molar-refractivity contribution in [2.45, 2.75) is 13.8 Å². The molecule has 0 heterocycles. The number of amides is 1. The quantitative estimate of drug-likeness (QED) is 0.658. The molecule has 2 aromatic carbocycles. The van der Waals surface area contributed by atoms with Gasteiger partial charge >= 0.3 is 5.97 Å². The number of likely N-dealkylation sites (N-methyl/N-ethyl adjacent to an activating group) is 1. The van der Waals surface area contributed by atoms with Gasteiger partial charge in [-0.05, 0) is 37.3 Å². The van der Waals surface area contributed by atoms with E-state index in [2.05, 4.69) is 5.32 Å². The zero-order valence-electron chi connectivity index (χ0n) is 13.3. The second kappa shape index (κ2) is 7.98. The zero-order valence-corrected chi connectivity index (χ0v) is 13.3. The van der Waals surface area contributed by atoms with Crippen molar-refractivity contribution in [2.24, 2.45) is 0 Å². The molecule has 0 atom stereocenters. The van der Waals surface area contributed by atoms with Crippen LogP contribution in [-0.4, -0.2) is 25.0 Å². The summed E-state index contributed by atoms with van der Waals surface area (Å²) >= 11 is 0. The molecule has 0 aliphatic heterocycles. The second-order valence-corrected chi connectivity index (χ2v) is 5.03. The van der Waals surface area contributed by atoms with Crippen molar-refractivity contribution >= 4 is 23.3 Å². The summed E-state index contributed by atoms with van der Waals surface area (Å²) in [5, 5.41) is 2.74. The standard InChI is InChI=1S/C18H20N2O3/c1-3-20(13-18(22)23-17-10-5-4-6-11-17)16-9-7-8-15(12-16)19-14(2)21/h4-12H,3,13H2,1-2H3,(H,19,21). The number of hydrogen-bond acceptors (Lipinski definition) is 4. The lowest BCUT2D eigenvalue weighted by molar-refractivity contribution is -0.132. The van der Waals surface area contributed by atoms with Crippen LogP contribution in [0.15, 0.2) is 54.6 Å². The predicted molar refractivity (Wildman–Crippen MR) is 90.7 cm³/mol. The van der Waals surface area contributed by atoms with Gasteiger partial charge in [-0.15, -0.1) is 0 Å². The molecule has 1 amide bonds. The number of nitrogens with zero attached hydrogens (tertiary/aromatic N) is 1. The van der Waals surface area contributed by atoms with Crippen molar-refractivity contribution in [1.29, 1.82) is 0 Å². The third kappa shape index (κ3) is 5.14. The van der Waals surface area contributed by atoms with E-state index in [4.69, 9.17) is 4.74 Å². The van der Waals surface area contributed by atoms with E-state index in [0.29, 0.717) is 18.0 Å². The molecule has 0 radical (unpaired) electrons. The van der Waals surface area contributed by atoms with Gasteiger partial charge < -0.3 is 15.0 Å². The largest absolute Gasteiger partial charge is 0.425 e.